The van der Waals surface area contributed by atoms with E-state index in [4.69, 9.17) is 0 Å². The molecule has 0 aliphatic heterocycles. The standard InChI is InChI=1S/C15H28N2O/c1-7-9-10-17-14(15(4,5)6)13(18)12(16-17)11(3)8-2/h11,18H,7-10H2,1-6H3. The van der Waals surface area contributed by atoms with Gasteiger partial charge in [-0.3, -0.25) is 4.68 Å². The van der Waals surface area contributed by atoms with Gasteiger partial charge in [0.15, 0.2) is 5.75 Å². The molecule has 0 radical (unpaired) electrons. The second-order valence-electron chi connectivity index (χ2n) is 6.22. The lowest BCUT2D eigenvalue weighted by molar-refractivity contribution is 0.418. The topological polar surface area (TPSA) is 38.0 Å². The molecule has 0 bridgehead atoms. The number of hydrogen-bond donors (Lipinski definition) is 1. The van der Waals surface area contributed by atoms with Crippen LogP contribution in [0.25, 0.3) is 0 Å². The summed E-state index contributed by atoms with van der Waals surface area (Å²) < 4.78 is 2.01. The van der Waals surface area contributed by atoms with Crippen molar-refractivity contribution in [3.05, 3.63) is 11.4 Å². The van der Waals surface area contributed by atoms with Crippen LogP contribution in [0, 0.1) is 0 Å². The Balaban J connectivity index is 3.23. The minimum absolute atomic E-state index is 0.0729. The van der Waals surface area contributed by atoms with Crippen molar-refractivity contribution in [3.63, 3.8) is 0 Å². The minimum atomic E-state index is -0.0729. The van der Waals surface area contributed by atoms with Crippen LogP contribution in [0.15, 0.2) is 0 Å². The smallest absolute Gasteiger partial charge is 0.160 e. The third kappa shape index (κ3) is 3.06. The molecule has 1 unspecified atom stereocenters. The van der Waals surface area contributed by atoms with Gasteiger partial charge in [-0.05, 0) is 12.8 Å². The zero-order chi connectivity index (χ0) is 13.9. The van der Waals surface area contributed by atoms with Gasteiger partial charge in [0.1, 0.15) is 5.69 Å². The number of unbranched alkanes of at least 4 members (excludes halogenated alkanes) is 1. The summed E-state index contributed by atoms with van der Waals surface area (Å²) in [7, 11) is 0. The Kier molecular flexibility index (Phi) is 4.83. The molecule has 0 aromatic carbocycles. The average molecular weight is 252 g/mol. The average Bonchev–Trinajstić information content (AvgIpc) is 2.62. The van der Waals surface area contributed by atoms with E-state index in [1.807, 2.05) is 4.68 Å². The van der Waals surface area contributed by atoms with Gasteiger partial charge in [0, 0.05) is 17.9 Å². The van der Waals surface area contributed by atoms with Gasteiger partial charge in [-0.2, -0.15) is 5.10 Å². The molecule has 0 fully saturated rings. The minimum Gasteiger partial charge on any atom is -0.504 e. The molecule has 1 rings (SSSR count). The maximum atomic E-state index is 10.5. The summed E-state index contributed by atoms with van der Waals surface area (Å²) in [6.07, 6.45) is 3.24. The molecule has 3 nitrogen and oxygen atoms in total. The van der Waals surface area contributed by atoms with Crippen molar-refractivity contribution in [1.82, 2.24) is 9.78 Å². The van der Waals surface area contributed by atoms with E-state index in [1.165, 1.54) is 0 Å². The first-order valence-corrected chi connectivity index (χ1v) is 7.13. The molecule has 1 aromatic heterocycles. The number of aromatic hydroxyl groups is 1. The fraction of sp³-hybridized carbons (Fsp3) is 0.800. The van der Waals surface area contributed by atoms with Crippen LogP contribution >= 0.6 is 0 Å². The molecule has 0 aliphatic carbocycles. The second-order valence-corrected chi connectivity index (χ2v) is 6.22. The third-order valence-electron chi connectivity index (χ3n) is 3.47. The Hall–Kier alpha value is -0.990. The molecular weight excluding hydrogens is 224 g/mol. The molecule has 0 saturated carbocycles. The van der Waals surface area contributed by atoms with Crippen LogP contribution in [-0.2, 0) is 12.0 Å². The van der Waals surface area contributed by atoms with Crippen molar-refractivity contribution in [3.8, 4) is 5.75 Å². The van der Waals surface area contributed by atoms with Gasteiger partial charge in [0.2, 0.25) is 0 Å². The van der Waals surface area contributed by atoms with Gasteiger partial charge in [-0.1, -0.05) is 48.0 Å². The lowest BCUT2D eigenvalue weighted by atomic mass is 9.90. The van der Waals surface area contributed by atoms with Crippen molar-refractivity contribution in [2.45, 2.75) is 78.7 Å². The van der Waals surface area contributed by atoms with Crippen molar-refractivity contribution >= 4 is 0 Å². The van der Waals surface area contributed by atoms with Crippen LogP contribution in [0.1, 0.15) is 78.1 Å². The quantitative estimate of drug-likeness (QED) is 0.853. The third-order valence-corrected chi connectivity index (χ3v) is 3.47. The molecule has 3 heteroatoms. The fourth-order valence-corrected chi connectivity index (χ4v) is 2.21. The van der Waals surface area contributed by atoms with Gasteiger partial charge < -0.3 is 5.11 Å². The molecule has 18 heavy (non-hydrogen) atoms. The Labute approximate surface area is 111 Å². The van der Waals surface area contributed by atoms with E-state index in [2.05, 4.69) is 46.6 Å². The number of aryl methyl sites for hydroxylation is 1. The summed E-state index contributed by atoms with van der Waals surface area (Å²) in [5.41, 5.74) is 1.76. The predicted molar refractivity (Wildman–Crippen MR) is 76.2 cm³/mol. The van der Waals surface area contributed by atoms with Gasteiger partial charge in [-0.15, -0.1) is 0 Å². The largest absolute Gasteiger partial charge is 0.504 e. The molecule has 0 amide bonds. The Morgan fingerprint density at radius 1 is 1.28 bits per heavy atom. The zero-order valence-corrected chi connectivity index (χ0v) is 12.7. The van der Waals surface area contributed by atoms with E-state index in [0.29, 0.717) is 11.7 Å². The normalized spacial score (nSPS) is 13.9. The molecule has 0 saturated heterocycles. The van der Waals surface area contributed by atoms with Crippen LogP contribution in [0.5, 0.6) is 5.75 Å². The first kappa shape index (κ1) is 15.1. The number of rotatable bonds is 5. The van der Waals surface area contributed by atoms with E-state index >= 15 is 0 Å². The highest BCUT2D eigenvalue weighted by Gasteiger charge is 2.28. The van der Waals surface area contributed by atoms with Crippen molar-refractivity contribution < 1.29 is 5.11 Å². The van der Waals surface area contributed by atoms with E-state index in [0.717, 1.165) is 37.2 Å². The summed E-state index contributed by atoms with van der Waals surface area (Å²) >= 11 is 0. The van der Waals surface area contributed by atoms with Gasteiger partial charge in [0.05, 0.1) is 5.69 Å². The summed E-state index contributed by atoms with van der Waals surface area (Å²) in [6, 6.07) is 0. The SMILES string of the molecule is CCCCn1nc(C(C)CC)c(O)c1C(C)(C)C. The molecule has 1 atom stereocenters. The molecule has 0 aliphatic rings. The summed E-state index contributed by atoms with van der Waals surface area (Å²) in [5, 5.41) is 15.1. The molecule has 1 heterocycles. The number of hydrogen-bond acceptors (Lipinski definition) is 2. The van der Waals surface area contributed by atoms with E-state index in [1.54, 1.807) is 0 Å². The van der Waals surface area contributed by atoms with Crippen LogP contribution in [0.3, 0.4) is 0 Å². The van der Waals surface area contributed by atoms with Crippen LogP contribution < -0.4 is 0 Å². The summed E-state index contributed by atoms with van der Waals surface area (Å²) in [4.78, 5) is 0. The van der Waals surface area contributed by atoms with Crippen molar-refractivity contribution in [1.29, 1.82) is 0 Å². The molecular formula is C15H28N2O. The molecule has 104 valence electrons. The van der Waals surface area contributed by atoms with Crippen LogP contribution in [0.2, 0.25) is 0 Å². The maximum Gasteiger partial charge on any atom is 0.160 e. The molecule has 1 aromatic rings. The van der Waals surface area contributed by atoms with Crippen molar-refractivity contribution in [2.24, 2.45) is 0 Å². The van der Waals surface area contributed by atoms with E-state index < -0.39 is 0 Å². The number of nitrogens with zero attached hydrogens (tertiary/aromatic N) is 2. The van der Waals surface area contributed by atoms with E-state index in [9.17, 15) is 5.11 Å². The second kappa shape index (κ2) is 5.77. The number of aromatic nitrogens is 2. The van der Waals surface area contributed by atoms with Gasteiger partial charge >= 0.3 is 0 Å². The highest BCUT2D eigenvalue weighted by molar-refractivity contribution is 5.38. The Morgan fingerprint density at radius 3 is 2.33 bits per heavy atom. The van der Waals surface area contributed by atoms with E-state index in [-0.39, 0.29) is 5.41 Å². The lowest BCUT2D eigenvalue weighted by Gasteiger charge is -2.20. The monoisotopic (exact) mass is 252 g/mol. The fourth-order valence-electron chi connectivity index (χ4n) is 2.21. The zero-order valence-electron chi connectivity index (χ0n) is 12.7. The highest BCUT2D eigenvalue weighted by Crippen LogP contribution is 2.37. The van der Waals surface area contributed by atoms with Gasteiger partial charge in [0.25, 0.3) is 0 Å². The first-order valence-electron chi connectivity index (χ1n) is 7.13. The first-order chi connectivity index (χ1) is 8.32. The Bertz CT molecular complexity index is 388. The molecule has 1 N–H and O–H groups in total. The summed E-state index contributed by atoms with van der Waals surface area (Å²) in [6.45, 7) is 13.7. The van der Waals surface area contributed by atoms with Gasteiger partial charge in [-0.25, -0.2) is 0 Å². The highest BCUT2D eigenvalue weighted by atomic mass is 16.3. The lowest BCUT2D eigenvalue weighted by Crippen LogP contribution is -2.18. The van der Waals surface area contributed by atoms with Crippen LogP contribution in [0.4, 0.5) is 0 Å². The maximum absolute atomic E-state index is 10.5. The molecule has 0 spiro atoms. The van der Waals surface area contributed by atoms with Crippen LogP contribution in [-0.4, -0.2) is 14.9 Å². The predicted octanol–water partition coefficient (Wildman–Crippen LogP) is 4.20. The van der Waals surface area contributed by atoms with Crippen molar-refractivity contribution in [2.75, 3.05) is 0 Å². The summed E-state index contributed by atoms with van der Waals surface area (Å²) in [5.74, 6) is 0.724. The Morgan fingerprint density at radius 2 is 1.89 bits per heavy atom.